The molecule has 0 spiro atoms. The molecule has 0 saturated heterocycles. The normalized spacial score (nSPS) is 13.0. The van der Waals surface area contributed by atoms with Crippen LogP contribution in [0.2, 0.25) is 0 Å². The Bertz CT molecular complexity index is 631. The number of hydrogen-bond acceptors (Lipinski definition) is 4. The smallest absolute Gasteiger partial charge is 0.293 e. The van der Waals surface area contributed by atoms with Gasteiger partial charge in [-0.2, -0.15) is 0 Å². The van der Waals surface area contributed by atoms with Crippen LogP contribution in [0.5, 0.6) is 0 Å². The molecule has 1 N–H and O–H groups in total. The first-order valence-electron chi connectivity index (χ1n) is 7.19. The molecule has 2 aromatic rings. The van der Waals surface area contributed by atoms with E-state index in [1.54, 1.807) is 11.7 Å². The third-order valence-corrected chi connectivity index (χ3v) is 3.66. The molecule has 1 aromatic carbocycles. The summed E-state index contributed by atoms with van der Waals surface area (Å²) in [6.45, 7) is 5.83. The Morgan fingerprint density at radius 1 is 1.32 bits per heavy atom. The van der Waals surface area contributed by atoms with Crippen molar-refractivity contribution in [2.24, 2.45) is 5.41 Å². The first-order valence-corrected chi connectivity index (χ1v) is 7.19. The summed E-state index contributed by atoms with van der Waals surface area (Å²) < 4.78 is 1.56. The topological polar surface area (TPSA) is 71.2 Å². The summed E-state index contributed by atoms with van der Waals surface area (Å²) in [5.41, 5.74) is 0.604. The molecule has 0 aliphatic rings. The van der Waals surface area contributed by atoms with E-state index < -0.39 is 0 Å². The minimum atomic E-state index is -0.302. The summed E-state index contributed by atoms with van der Waals surface area (Å²) in [4.78, 5) is 18.1. The molecule has 0 saturated carbocycles. The standard InChI is InChI=1S/C16H22N4O2/c1-16(2,3)13(10-21)19(4)15(22)14-17-11-20(18-14)12-8-6-5-7-9-12/h5-9,11,13,21H,10H2,1-4H3/t13-/m1/s1. The SMILES string of the molecule is CN(C(=O)c1ncn(-c2ccccc2)n1)[C@H](CO)C(C)(C)C. The van der Waals surface area contributed by atoms with Crippen molar-refractivity contribution in [2.75, 3.05) is 13.7 Å². The summed E-state index contributed by atoms with van der Waals surface area (Å²) in [5, 5.41) is 13.8. The van der Waals surface area contributed by atoms with E-state index in [-0.39, 0.29) is 29.8 Å². The van der Waals surface area contributed by atoms with Gasteiger partial charge in [0.15, 0.2) is 0 Å². The van der Waals surface area contributed by atoms with Crippen LogP contribution in [0.1, 0.15) is 31.4 Å². The van der Waals surface area contributed by atoms with Crippen molar-refractivity contribution in [3.63, 3.8) is 0 Å². The molecule has 0 radical (unpaired) electrons. The number of aromatic nitrogens is 3. The minimum Gasteiger partial charge on any atom is -0.394 e. The van der Waals surface area contributed by atoms with E-state index in [4.69, 9.17) is 0 Å². The lowest BCUT2D eigenvalue weighted by molar-refractivity contribution is 0.0423. The molecular weight excluding hydrogens is 280 g/mol. The van der Waals surface area contributed by atoms with E-state index in [0.717, 1.165) is 5.69 Å². The zero-order chi connectivity index (χ0) is 16.3. The predicted octanol–water partition coefficient (Wildman–Crippen LogP) is 1.75. The molecule has 1 amide bonds. The summed E-state index contributed by atoms with van der Waals surface area (Å²) in [5.74, 6) is -0.183. The van der Waals surface area contributed by atoms with Crippen molar-refractivity contribution in [1.29, 1.82) is 0 Å². The second-order valence-electron chi connectivity index (χ2n) is 6.33. The lowest BCUT2D eigenvalue weighted by Gasteiger charge is -2.36. The van der Waals surface area contributed by atoms with Crippen LogP contribution < -0.4 is 0 Å². The van der Waals surface area contributed by atoms with Gasteiger partial charge in [-0.05, 0) is 17.5 Å². The van der Waals surface area contributed by atoms with Gasteiger partial charge in [-0.3, -0.25) is 4.79 Å². The van der Waals surface area contributed by atoms with Crippen LogP contribution in [-0.2, 0) is 0 Å². The Labute approximate surface area is 130 Å². The first kappa shape index (κ1) is 16.2. The third kappa shape index (κ3) is 3.33. The highest BCUT2D eigenvalue weighted by atomic mass is 16.3. The van der Waals surface area contributed by atoms with Crippen LogP contribution in [0.25, 0.3) is 5.69 Å². The lowest BCUT2D eigenvalue weighted by Crippen LogP contribution is -2.47. The maximum absolute atomic E-state index is 12.5. The lowest BCUT2D eigenvalue weighted by atomic mass is 9.86. The average Bonchev–Trinajstić information content (AvgIpc) is 2.96. The summed E-state index contributed by atoms with van der Waals surface area (Å²) >= 11 is 0. The number of rotatable bonds is 4. The molecule has 0 unspecified atom stereocenters. The Hall–Kier alpha value is -2.21. The quantitative estimate of drug-likeness (QED) is 0.934. The van der Waals surface area contributed by atoms with Gasteiger partial charge in [-0.25, -0.2) is 9.67 Å². The Kier molecular flexibility index (Phi) is 4.61. The van der Waals surface area contributed by atoms with Gasteiger partial charge in [0.25, 0.3) is 5.91 Å². The minimum absolute atomic E-state index is 0.106. The third-order valence-electron chi connectivity index (χ3n) is 3.66. The van der Waals surface area contributed by atoms with Crippen molar-refractivity contribution in [2.45, 2.75) is 26.8 Å². The first-order chi connectivity index (χ1) is 10.3. The number of hydrogen-bond donors (Lipinski definition) is 1. The summed E-state index contributed by atoms with van der Waals surface area (Å²) in [6, 6.07) is 9.17. The van der Waals surface area contributed by atoms with Crippen molar-refractivity contribution in [3.05, 3.63) is 42.5 Å². The molecule has 22 heavy (non-hydrogen) atoms. The van der Waals surface area contributed by atoms with Crippen molar-refractivity contribution < 1.29 is 9.90 Å². The van der Waals surface area contributed by atoms with Crippen LogP contribution in [0.3, 0.4) is 0 Å². The van der Waals surface area contributed by atoms with Gasteiger partial charge in [0.05, 0.1) is 18.3 Å². The van der Waals surface area contributed by atoms with Gasteiger partial charge in [0.2, 0.25) is 5.82 Å². The summed E-state index contributed by atoms with van der Waals surface area (Å²) in [7, 11) is 1.66. The van der Waals surface area contributed by atoms with E-state index in [9.17, 15) is 9.90 Å². The largest absolute Gasteiger partial charge is 0.394 e. The highest BCUT2D eigenvalue weighted by Gasteiger charge is 2.32. The zero-order valence-corrected chi connectivity index (χ0v) is 13.4. The van der Waals surface area contributed by atoms with E-state index in [1.165, 1.54) is 11.2 Å². The zero-order valence-electron chi connectivity index (χ0n) is 13.4. The molecule has 1 aromatic heterocycles. The molecule has 0 aliphatic carbocycles. The van der Waals surface area contributed by atoms with Crippen LogP contribution >= 0.6 is 0 Å². The van der Waals surface area contributed by atoms with Crippen LogP contribution in [-0.4, -0.2) is 50.4 Å². The molecule has 0 bridgehead atoms. The maximum Gasteiger partial charge on any atom is 0.293 e. The number of likely N-dealkylation sites (N-methyl/N-ethyl adjacent to an activating group) is 1. The number of amides is 1. The van der Waals surface area contributed by atoms with E-state index in [0.29, 0.717) is 0 Å². The van der Waals surface area contributed by atoms with Gasteiger partial charge < -0.3 is 10.0 Å². The van der Waals surface area contributed by atoms with Crippen LogP contribution in [0.4, 0.5) is 0 Å². The second kappa shape index (κ2) is 6.27. The second-order valence-corrected chi connectivity index (χ2v) is 6.33. The van der Waals surface area contributed by atoms with Gasteiger partial charge >= 0.3 is 0 Å². The van der Waals surface area contributed by atoms with Crippen molar-refractivity contribution >= 4 is 5.91 Å². The number of aliphatic hydroxyl groups excluding tert-OH is 1. The predicted molar refractivity (Wildman–Crippen MR) is 83.8 cm³/mol. The molecular formula is C16H22N4O2. The maximum atomic E-state index is 12.5. The van der Waals surface area contributed by atoms with Gasteiger partial charge in [-0.1, -0.05) is 39.0 Å². The molecule has 0 aliphatic heterocycles. The molecule has 118 valence electrons. The fraction of sp³-hybridized carbons (Fsp3) is 0.438. The number of para-hydroxylation sites is 1. The van der Waals surface area contributed by atoms with Crippen molar-refractivity contribution in [3.8, 4) is 5.69 Å². The number of benzene rings is 1. The fourth-order valence-corrected chi connectivity index (χ4v) is 2.34. The van der Waals surface area contributed by atoms with E-state index in [2.05, 4.69) is 10.1 Å². The van der Waals surface area contributed by atoms with E-state index in [1.807, 2.05) is 51.1 Å². The number of aliphatic hydroxyl groups is 1. The molecule has 1 heterocycles. The van der Waals surface area contributed by atoms with E-state index >= 15 is 0 Å². The van der Waals surface area contributed by atoms with Crippen molar-refractivity contribution in [1.82, 2.24) is 19.7 Å². The highest BCUT2D eigenvalue weighted by Crippen LogP contribution is 2.24. The Balaban J connectivity index is 2.22. The number of nitrogens with zero attached hydrogens (tertiary/aromatic N) is 4. The van der Waals surface area contributed by atoms with Gasteiger partial charge in [-0.15, -0.1) is 5.10 Å². The molecule has 0 fully saturated rings. The number of carbonyl (C=O) groups is 1. The molecule has 6 nitrogen and oxygen atoms in total. The highest BCUT2D eigenvalue weighted by molar-refractivity contribution is 5.90. The molecule has 6 heteroatoms. The summed E-state index contributed by atoms with van der Waals surface area (Å²) in [6.07, 6.45) is 1.52. The van der Waals surface area contributed by atoms with Crippen LogP contribution in [0.15, 0.2) is 36.7 Å². The fourth-order valence-electron chi connectivity index (χ4n) is 2.34. The number of carbonyl (C=O) groups excluding carboxylic acids is 1. The van der Waals surface area contributed by atoms with Gasteiger partial charge in [0.1, 0.15) is 6.33 Å². The van der Waals surface area contributed by atoms with Gasteiger partial charge in [0, 0.05) is 7.05 Å². The Morgan fingerprint density at radius 2 is 1.95 bits per heavy atom. The Morgan fingerprint density at radius 3 is 2.50 bits per heavy atom. The molecule has 2 rings (SSSR count). The van der Waals surface area contributed by atoms with Crippen LogP contribution in [0, 0.1) is 5.41 Å². The monoisotopic (exact) mass is 302 g/mol. The molecule has 1 atom stereocenters. The average molecular weight is 302 g/mol.